The number of nitrogens with zero attached hydrogens (tertiary/aromatic N) is 2. The number of imide groups is 1. The molecule has 0 atom stereocenters. The van der Waals surface area contributed by atoms with Crippen molar-refractivity contribution in [2.24, 2.45) is 0 Å². The summed E-state index contributed by atoms with van der Waals surface area (Å²) in [6.45, 7) is 2.68. The summed E-state index contributed by atoms with van der Waals surface area (Å²) >= 11 is 0. The maximum atomic E-state index is 11.1. The largest absolute Gasteiger partial charge is 0.274 e. The van der Waals surface area contributed by atoms with Gasteiger partial charge in [0.2, 0.25) is 11.8 Å². The normalized spacial score (nSPS) is 9.38. The van der Waals surface area contributed by atoms with Crippen LogP contribution in [0.15, 0.2) is 24.5 Å². The molecule has 0 fully saturated rings. The Morgan fingerprint density at radius 1 is 1.31 bits per heavy atom. The van der Waals surface area contributed by atoms with E-state index in [4.69, 9.17) is 0 Å². The van der Waals surface area contributed by atoms with Gasteiger partial charge in [0.1, 0.15) is 0 Å². The topological polar surface area (TPSA) is 50.3 Å². The number of carbonyl (C=O) groups excluding carboxylic acids is 2. The van der Waals surface area contributed by atoms with Gasteiger partial charge < -0.3 is 0 Å². The number of hydrogen-bond donors (Lipinski definition) is 0. The predicted molar refractivity (Wildman–Crippen MR) is 48.1 cm³/mol. The maximum Gasteiger partial charge on any atom is 0.230 e. The SMILES string of the molecule is CC(=O)N(C(C)=O)c1cccnc1. The van der Waals surface area contributed by atoms with Crippen molar-refractivity contribution >= 4 is 17.5 Å². The Labute approximate surface area is 76.2 Å². The van der Waals surface area contributed by atoms with E-state index >= 15 is 0 Å². The van der Waals surface area contributed by atoms with E-state index in [2.05, 4.69) is 4.98 Å². The second-order valence-electron chi connectivity index (χ2n) is 2.58. The number of pyridine rings is 1. The Hall–Kier alpha value is -1.71. The number of amides is 2. The van der Waals surface area contributed by atoms with Gasteiger partial charge in [-0.25, -0.2) is 4.90 Å². The summed E-state index contributed by atoms with van der Waals surface area (Å²) in [4.78, 5) is 27.0. The van der Waals surface area contributed by atoms with Crippen LogP contribution in [0.5, 0.6) is 0 Å². The molecule has 4 nitrogen and oxygen atoms in total. The van der Waals surface area contributed by atoms with Crippen molar-refractivity contribution in [3.8, 4) is 0 Å². The minimum atomic E-state index is -0.305. The monoisotopic (exact) mass is 178 g/mol. The zero-order chi connectivity index (χ0) is 9.84. The Kier molecular flexibility index (Phi) is 2.74. The van der Waals surface area contributed by atoms with E-state index in [1.165, 1.54) is 20.0 Å². The molecule has 2 amide bonds. The van der Waals surface area contributed by atoms with Crippen LogP contribution in [0.25, 0.3) is 0 Å². The van der Waals surface area contributed by atoms with Crippen LogP contribution < -0.4 is 4.90 Å². The molecule has 4 heteroatoms. The van der Waals surface area contributed by atoms with Gasteiger partial charge >= 0.3 is 0 Å². The summed E-state index contributed by atoms with van der Waals surface area (Å²) in [5.41, 5.74) is 0.502. The Morgan fingerprint density at radius 2 is 1.92 bits per heavy atom. The third-order valence-corrected chi connectivity index (χ3v) is 1.53. The van der Waals surface area contributed by atoms with Crippen molar-refractivity contribution in [3.63, 3.8) is 0 Å². The highest BCUT2D eigenvalue weighted by Gasteiger charge is 2.15. The van der Waals surface area contributed by atoms with Gasteiger partial charge in [0.15, 0.2) is 0 Å². The maximum absolute atomic E-state index is 11.1. The van der Waals surface area contributed by atoms with Crippen LogP contribution in [0.1, 0.15) is 13.8 Å². The van der Waals surface area contributed by atoms with Gasteiger partial charge in [0, 0.05) is 20.0 Å². The van der Waals surface area contributed by atoms with Crippen LogP contribution in [-0.2, 0) is 9.59 Å². The first-order valence-corrected chi connectivity index (χ1v) is 3.84. The quantitative estimate of drug-likeness (QED) is 0.644. The molecule has 0 aliphatic heterocycles. The standard InChI is InChI=1S/C9H10N2O2/c1-7(12)11(8(2)13)9-4-3-5-10-6-9/h3-6H,1-2H3. The fourth-order valence-electron chi connectivity index (χ4n) is 1.07. The van der Waals surface area contributed by atoms with E-state index in [1.54, 1.807) is 18.3 Å². The van der Waals surface area contributed by atoms with Crippen molar-refractivity contribution in [2.75, 3.05) is 4.90 Å². The second kappa shape index (κ2) is 3.80. The average Bonchev–Trinajstić information content (AvgIpc) is 2.04. The summed E-state index contributed by atoms with van der Waals surface area (Å²) in [7, 11) is 0. The van der Waals surface area contributed by atoms with Crippen LogP contribution in [0.2, 0.25) is 0 Å². The van der Waals surface area contributed by atoms with Gasteiger partial charge in [0.25, 0.3) is 0 Å². The summed E-state index contributed by atoms with van der Waals surface area (Å²) in [5, 5.41) is 0. The molecular formula is C9H10N2O2. The molecule has 1 aromatic rings. The molecular weight excluding hydrogens is 168 g/mol. The van der Waals surface area contributed by atoms with Crippen molar-refractivity contribution in [1.82, 2.24) is 4.98 Å². The van der Waals surface area contributed by atoms with E-state index in [1.807, 2.05) is 0 Å². The summed E-state index contributed by atoms with van der Waals surface area (Å²) in [6.07, 6.45) is 3.06. The van der Waals surface area contributed by atoms with Crippen LogP contribution in [0, 0.1) is 0 Å². The molecule has 0 N–H and O–H groups in total. The van der Waals surface area contributed by atoms with Gasteiger partial charge in [-0.2, -0.15) is 0 Å². The number of rotatable bonds is 1. The van der Waals surface area contributed by atoms with Crippen molar-refractivity contribution in [3.05, 3.63) is 24.5 Å². The molecule has 1 rings (SSSR count). The number of carbonyl (C=O) groups is 2. The molecule has 0 saturated carbocycles. The molecule has 0 saturated heterocycles. The molecule has 68 valence electrons. The lowest BCUT2D eigenvalue weighted by Gasteiger charge is -2.15. The molecule has 1 aromatic heterocycles. The zero-order valence-electron chi connectivity index (χ0n) is 7.52. The molecule has 0 aliphatic carbocycles. The minimum Gasteiger partial charge on any atom is -0.274 e. The van der Waals surface area contributed by atoms with E-state index in [0.29, 0.717) is 5.69 Å². The van der Waals surface area contributed by atoms with Crippen LogP contribution >= 0.6 is 0 Å². The van der Waals surface area contributed by atoms with Crippen molar-refractivity contribution in [2.45, 2.75) is 13.8 Å². The fourth-order valence-corrected chi connectivity index (χ4v) is 1.07. The highest BCUT2D eigenvalue weighted by atomic mass is 16.2. The molecule has 0 spiro atoms. The van der Waals surface area contributed by atoms with Gasteiger partial charge in [-0.05, 0) is 12.1 Å². The van der Waals surface area contributed by atoms with Gasteiger partial charge in [-0.1, -0.05) is 0 Å². The molecule has 1 heterocycles. The average molecular weight is 178 g/mol. The van der Waals surface area contributed by atoms with E-state index < -0.39 is 0 Å². The van der Waals surface area contributed by atoms with E-state index in [9.17, 15) is 9.59 Å². The van der Waals surface area contributed by atoms with Crippen LogP contribution in [0.4, 0.5) is 5.69 Å². The fraction of sp³-hybridized carbons (Fsp3) is 0.222. The molecule has 0 bridgehead atoms. The van der Waals surface area contributed by atoms with Gasteiger partial charge in [0.05, 0.1) is 11.9 Å². The lowest BCUT2D eigenvalue weighted by Crippen LogP contribution is -2.33. The molecule has 13 heavy (non-hydrogen) atoms. The first kappa shape index (κ1) is 9.38. The van der Waals surface area contributed by atoms with E-state index in [0.717, 1.165) is 4.90 Å². The first-order chi connectivity index (χ1) is 6.13. The molecule has 0 aliphatic rings. The van der Waals surface area contributed by atoms with Crippen molar-refractivity contribution in [1.29, 1.82) is 0 Å². The Balaban J connectivity index is 3.03. The predicted octanol–water partition coefficient (Wildman–Crippen LogP) is 0.981. The summed E-state index contributed by atoms with van der Waals surface area (Å²) in [5.74, 6) is -0.610. The summed E-state index contributed by atoms with van der Waals surface area (Å²) in [6, 6.07) is 3.34. The second-order valence-corrected chi connectivity index (χ2v) is 2.58. The zero-order valence-corrected chi connectivity index (χ0v) is 7.52. The first-order valence-electron chi connectivity index (χ1n) is 3.84. The Bertz CT molecular complexity index is 308. The van der Waals surface area contributed by atoms with Crippen LogP contribution in [0.3, 0.4) is 0 Å². The van der Waals surface area contributed by atoms with Gasteiger partial charge in [-0.15, -0.1) is 0 Å². The lowest BCUT2D eigenvalue weighted by atomic mass is 10.3. The minimum absolute atomic E-state index is 0.305. The summed E-state index contributed by atoms with van der Waals surface area (Å²) < 4.78 is 0. The van der Waals surface area contributed by atoms with E-state index in [-0.39, 0.29) is 11.8 Å². The van der Waals surface area contributed by atoms with Crippen molar-refractivity contribution < 1.29 is 9.59 Å². The van der Waals surface area contributed by atoms with Crippen LogP contribution in [-0.4, -0.2) is 16.8 Å². The number of anilines is 1. The highest BCUT2D eigenvalue weighted by molar-refractivity contribution is 6.12. The molecule has 0 unspecified atom stereocenters. The highest BCUT2D eigenvalue weighted by Crippen LogP contribution is 2.11. The van der Waals surface area contributed by atoms with Gasteiger partial charge in [-0.3, -0.25) is 14.6 Å². The Morgan fingerprint density at radius 3 is 2.31 bits per heavy atom. The molecule has 0 aromatic carbocycles. The smallest absolute Gasteiger partial charge is 0.230 e. The third-order valence-electron chi connectivity index (χ3n) is 1.53. The molecule has 0 radical (unpaired) electrons. The number of aromatic nitrogens is 1. The third kappa shape index (κ3) is 2.11. The number of hydrogen-bond acceptors (Lipinski definition) is 3. The lowest BCUT2D eigenvalue weighted by molar-refractivity contribution is -0.124.